The van der Waals surface area contributed by atoms with Crippen molar-refractivity contribution < 1.29 is 35.1 Å². The van der Waals surface area contributed by atoms with Gasteiger partial charge in [-0.3, -0.25) is 4.79 Å². The minimum absolute atomic E-state index is 0.0452. The first-order chi connectivity index (χ1) is 21.3. The molecular weight excluding hydrogens is 556 g/mol. The minimum atomic E-state index is -0.955. The van der Waals surface area contributed by atoms with Crippen LogP contribution in [-0.4, -0.2) is 44.5 Å². The third-order valence-corrected chi connectivity index (χ3v) is 9.76. The number of rotatable bonds is 7. The number of ether oxygens (including phenoxy) is 1. The zero-order valence-electron chi connectivity index (χ0n) is 25.2. The molecule has 4 atom stereocenters. The Morgan fingerprint density at radius 1 is 0.909 bits per heavy atom. The van der Waals surface area contributed by atoms with E-state index in [9.17, 15) is 30.3 Å². The van der Waals surface area contributed by atoms with Gasteiger partial charge in [0.1, 0.15) is 5.78 Å². The third kappa shape index (κ3) is 6.57. The van der Waals surface area contributed by atoms with Gasteiger partial charge in [-0.1, -0.05) is 61.6 Å². The Hall–Kier alpha value is -3.99. The van der Waals surface area contributed by atoms with Crippen LogP contribution in [0, 0.1) is 23.7 Å². The minimum Gasteiger partial charge on any atom is -0.504 e. The number of ketones is 1. The van der Waals surface area contributed by atoms with E-state index in [-0.39, 0.29) is 60.1 Å². The summed E-state index contributed by atoms with van der Waals surface area (Å²) >= 11 is 0. The molecule has 3 aromatic carbocycles. The van der Waals surface area contributed by atoms with Crippen molar-refractivity contribution in [3.63, 3.8) is 0 Å². The standard InChI is InChI=1S/C37H42O7/c1-44-36-22-30(26(23-38)18-35(36)43)29-20-28(39)21-33(41)31(12-8-11-25(29)17-24-9-4-2-5-10-24)37(15-6-3-7-16-37)27-13-14-32(40)34(42)19-27/h2,4-5,9-10,13-14,18-19,22,25,29,31,33,38,40-43H,3,6-7,12,15-17,20-21,23H2,1H3. The summed E-state index contributed by atoms with van der Waals surface area (Å²) in [6, 6.07) is 18.1. The highest BCUT2D eigenvalue weighted by atomic mass is 16.5. The van der Waals surface area contributed by atoms with Gasteiger partial charge in [-0.15, -0.1) is 5.92 Å². The number of carbonyl (C=O) groups excluding carboxylic acids is 1. The fourth-order valence-corrected chi connectivity index (χ4v) is 7.50. The highest BCUT2D eigenvalue weighted by Gasteiger charge is 2.45. The van der Waals surface area contributed by atoms with Gasteiger partial charge in [-0.05, 0) is 65.8 Å². The smallest absolute Gasteiger partial charge is 0.160 e. The molecule has 1 saturated carbocycles. The predicted octanol–water partition coefficient (Wildman–Crippen LogP) is 5.88. The zero-order chi connectivity index (χ0) is 31.3. The van der Waals surface area contributed by atoms with Crippen molar-refractivity contribution in [3.8, 4) is 34.8 Å². The van der Waals surface area contributed by atoms with E-state index in [0.29, 0.717) is 24.0 Å². The molecule has 0 radical (unpaired) electrons. The Balaban J connectivity index is 1.61. The number of hydrogen-bond donors (Lipinski definition) is 5. The molecule has 0 amide bonds. The Bertz CT molecular complexity index is 1510. The van der Waals surface area contributed by atoms with Crippen LogP contribution >= 0.6 is 0 Å². The first kappa shape index (κ1) is 31.4. The average Bonchev–Trinajstić information content (AvgIpc) is 3.03. The van der Waals surface area contributed by atoms with Crippen LogP contribution in [0.3, 0.4) is 0 Å². The predicted molar refractivity (Wildman–Crippen MR) is 168 cm³/mol. The number of aromatic hydroxyl groups is 3. The fourth-order valence-electron chi connectivity index (χ4n) is 7.50. The highest BCUT2D eigenvalue weighted by Crippen LogP contribution is 2.50. The molecule has 0 heterocycles. The molecule has 4 unspecified atom stereocenters. The van der Waals surface area contributed by atoms with Crippen molar-refractivity contribution >= 4 is 5.78 Å². The molecule has 7 heteroatoms. The summed E-state index contributed by atoms with van der Waals surface area (Å²) < 4.78 is 5.40. The second-order valence-electron chi connectivity index (χ2n) is 12.3. The highest BCUT2D eigenvalue weighted by molar-refractivity contribution is 5.80. The van der Waals surface area contributed by atoms with Gasteiger partial charge in [-0.25, -0.2) is 0 Å². The number of benzene rings is 3. The molecule has 1 fully saturated rings. The van der Waals surface area contributed by atoms with Crippen molar-refractivity contribution in [2.75, 3.05) is 7.11 Å². The van der Waals surface area contributed by atoms with Crippen LogP contribution in [0.2, 0.25) is 0 Å². The molecule has 7 nitrogen and oxygen atoms in total. The second kappa shape index (κ2) is 13.8. The zero-order valence-corrected chi connectivity index (χ0v) is 25.2. The molecule has 2 aliphatic rings. The Morgan fingerprint density at radius 3 is 2.34 bits per heavy atom. The molecule has 2 aliphatic carbocycles. The third-order valence-electron chi connectivity index (χ3n) is 9.76. The largest absolute Gasteiger partial charge is 0.504 e. The second-order valence-corrected chi connectivity index (χ2v) is 12.3. The van der Waals surface area contributed by atoms with Crippen molar-refractivity contribution in [2.45, 2.75) is 81.8 Å². The summed E-state index contributed by atoms with van der Waals surface area (Å²) in [5.41, 5.74) is 2.62. The topological polar surface area (TPSA) is 127 Å². The maximum atomic E-state index is 13.9. The van der Waals surface area contributed by atoms with Crippen LogP contribution in [0.15, 0.2) is 60.7 Å². The summed E-state index contributed by atoms with van der Waals surface area (Å²) in [4.78, 5) is 13.9. The number of phenolic OH excluding ortho intramolecular Hbond substituents is 3. The number of Topliss-reactive ketones (excluding diaryl/α,β-unsaturated/α-hetero) is 1. The van der Waals surface area contributed by atoms with E-state index in [1.165, 1.54) is 19.2 Å². The molecule has 0 spiro atoms. The lowest BCUT2D eigenvalue weighted by Crippen LogP contribution is -2.44. The number of methoxy groups -OCH3 is 1. The molecule has 3 aromatic rings. The van der Waals surface area contributed by atoms with Gasteiger partial charge in [-0.2, -0.15) is 0 Å². The summed E-state index contributed by atoms with van der Waals surface area (Å²) in [7, 11) is 1.46. The molecule has 0 saturated heterocycles. The molecule has 0 bridgehead atoms. The lowest BCUT2D eigenvalue weighted by atomic mass is 9.59. The SMILES string of the molecule is COc1cc(C2CC(=O)CC(O)C(C3(c4ccc(O)c(O)c4)CCCCC3)CC#CC2Cc2ccccc2)c(CO)cc1O. The summed E-state index contributed by atoms with van der Waals surface area (Å²) in [5.74, 6) is 5.56. The van der Waals surface area contributed by atoms with Gasteiger partial charge >= 0.3 is 0 Å². The molecular formula is C37H42O7. The molecule has 5 rings (SSSR count). The lowest BCUT2D eigenvalue weighted by molar-refractivity contribution is -0.123. The van der Waals surface area contributed by atoms with E-state index in [4.69, 9.17) is 4.74 Å². The number of hydrogen-bond acceptors (Lipinski definition) is 7. The van der Waals surface area contributed by atoms with Gasteiger partial charge < -0.3 is 30.3 Å². The Labute approximate surface area is 259 Å². The van der Waals surface area contributed by atoms with E-state index in [1.54, 1.807) is 12.1 Å². The van der Waals surface area contributed by atoms with Gasteiger partial charge in [0, 0.05) is 42.4 Å². The van der Waals surface area contributed by atoms with Crippen LogP contribution in [-0.2, 0) is 23.2 Å². The lowest BCUT2D eigenvalue weighted by Gasteiger charge is -2.46. The van der Waals surface area contributed by atoms with Gasteiger partial charge in [0.05, 0.1) is 19.8 Å². The Morgan fingerprint density at radius 2 is 1.66 bits per heavy atom. The van der Waals surface area contributed by atoms with E-state index >= 15 is 0 Å². The summed E-state index contributed by atoms with van der Waals surface area (Å²) in [5, 5.41) is 52.9. The Kier molecular flexibility index (Phi) is 9.83. The number of aliphatic hydroxyl groups excluding tert-OH is 2. The summed E-state index contributed by atoms with van der Waals surface area (Å²) in [6.07, 6.45) is 4.60. The average molecular weight is 599 g/mol. The normalized spacial score (nSPS) is 23.8. The molecule has 44 heavy (non-hydrogen) atoms. The summed E-state index contributed by atoms with van der Waals surface area (Å²) in [6.45, 7) is -0.324. The van der Waals surface area contributed by atoms with E-state index in [0.717, 1.165) is 43.2 Å². The van der Waals surface area contributed by atoms with Gasteiger partial charge in [0.25, 0.3) is 0 Å². The van der Waals surface area contributed by atoms with Crippen LogP contribution < -0.4 is 4.74 Å². The molecule has 5 N–H and O–H groups in total. The maximum absolute atomic E-state index is 13.9. The maximum Gasteiger partial charge on any atom is 0.160 e. The first-order valence-electron chi connectivity index (χ1n) is 15.5. The van der Waals surface area contributed by atoms with E-state index < -0.39 is 17.4 Å². The monoisotopic (exact) mass is 598 g/mol. The molecule has 0 aromatic heterocycles. The van der Waals surface area contributed by atoms with E-state index in [1.807, 2.05) is 36.4 Å². The van der Waals surface area contributed by atoms with E-state index in [2.05, 4.69) is 11.8 Å². The van der Waals surface area contributed by atoms with Crippen molar-refractivity contribution in [2.24, 2.45) is 11.8 Å². The molecule has 0 aliphatic heterocycles. The van der Waals surface area contributed by atoms with Gasteiger partial charge in [0.15, 0.2) is 23.0 Å². The van der Waals surface area contributed by atoms with Crippen LogP contribution in [0.1, 0.15) is 79.5 Å². The number of carbonyl (C=O) groups is 1. The van der Waals surface area contributed by atoms with Crippen molar-refractivity contribution in [1.29, 1.82) is 0 Å². The van der Waals surface area contributed by atoms with Crippen LogP contribution in [0.4, 0.5) is 0 Å². The quantitative estimate of drug-likeness (QED) is 0.170. The van der Waals surface area contributed by atoms with Crippen molar-refractivity contribution in [3.05, 3.63) is 82.9 Å². The number of phenols is 3. The van der Waals surface area contributed by atoms with Crippen LogP contribution in [0.25, 0.3) is 0 Å². The number of aliphatic hydroxyl groups is 2. The van der Waals surface area contributed by atoms with Crippen molar-refractivity contribution in [1.82, 2.24) is 0 Å². The molecule has 232 valence electrons. The first-order valence-corrected chi connectivity index (χ1v) is 15.5. The van der Waals surface area contributed by atoms with Crippen LogP contribution in [0.5, 0.6) is 23.0 Å². The fraction of sp³-hybridized carbons (Fsp3) is 0.432. The van der Waals surface area contributed by atoms with Gasteiger partial charge in [0.2, 0.25) is 0 Å².